The molecule has 3 heterocycles. The average molecular weight is 406 g/mol. The molecule has 1 aromatic carbocycles. The van der Waals surface area contributed by atoms with Crippen molar-refractivity contribution in [1.29, 1.82) is 0 Å². The summed E-state index contributed by atoms with van der Waals surface area (Å²) in [6.07, 6.45) is -3.62. The molecule has 0 N–H and O–H groups in total. The molecule has 0 bridgehead atoms. The molecule has 1 fully saturated rings. The van der Waals surface area contributed by atoms with Crippen molar-refractivity contribution in [1.82, 2.24) is 14.5 Å². The molecule has 10 heteroatoms. The van der Waals surface area contributed by atoms with E-state index in [0.717, 1.165) is 12.3 Å². The Balaban J connectivity index is 1.40. The Morgan fingerprint density at radius 1 is 1.07 bits per heavy atom. The van der Waals surface area contributed by atoms with Crippen molar-refractivity contribution in [2.75, 3.05) is 31.1 Å². The Bertz CT molecular complexity index is 1080. The van der Waals surface area contributed by atoms with E-state index in [0.29, 0.717) is 43.1 Å². The van der Waals surface area contributed by atoms with Crippen LogP contribution in [0.1, 0.15) is 5.56 Å². The summed E-state index contributed by atoms with van der Waals surface area (Å²) in [5.74, 6) is -0.382. The number of aromatic nitrogens is 2. The number of benzene rings is 1. The lowest BCUT2D eigenvalue weighted by Crippen LogP contribution is -2.50. The highest BCUT2D eigenvalue weighted by molar-refractivity contribution is 5.79. The predicted octanol–water partition coefficient (Wildman–Crippen LogP) is 2.36. The fraction of sp³-hybridized carbons (Fsp3) is 0.316. The number of anilines is 1. The lowest BCUT2D eigenvalue weighted by atomic mass is 10.2. The predicted molar refractivity (Wildman–Crippen MR) is 98.5 cm³/mol. The Morgan fingerprint density at radius 3 is 2.45 bits per heavy atom. The first-order valence-corrected chi connectivity index (χ1v) is 8.97. The first-order chi connectivity index (χ1) is 13.8. The van der Waals surface area contributed by atoms with Gasteiger partial charge in [-0.3, -0.25) is 9.36 Å². The summed E-state index contributed by atoms with van der Waals surface area (Å²) in [5.41, 5.74) is 0.176. The van der Waals surface area contributed by atoms with Crippen LogP contribution in [0.25, 0.3) is 11.1 Å². The maximum atomic E-state index is 12.7. The normalized spacial score (nSPS) is 15.1. The van der Waals surface area contributed by atoms with Crippen molar-refractivity contribution < 1.29 is 22.4 Å². The van der Waals surface area contributed by atoms with E-state index in [1.54, 1.807) is 29.2 Å². The van der Waals surface area contributed by atoms with Crippen LogP contribution in [0.5, 0.6) is 0 Å². The van der Waals surface area contributed by atoms with Gasteiger partial charge < -0.3 is 14.2 Å². The third kappa shape index (κ3) is 3.82. The zero-order chi connectivity index (χ0) is 20.6. The monoisotopic (exact) mass is 406 g/mol. The number of oxazole rings is 1. The molecule has 1 amide bonds. The molecule has 152 valence electrons. The second-order valence-electron chi connectivity index (χ2n) is 6.69. The number of rotatable bonds is 3. The van der Waals surface area contributed by atoms with Gasteiger partial charge in [0.2, 0.25) is 5.91 Å². The number of hydrogen-bond donors (Lipinski definition) is 0. The third-order valence-corrected chi connectivity index (χ3v) is 4.90. The number of carbonyl (C=O) groups is 1. The molecule has 0 unspecified atom stereocenters. The first-order valence-electron chi connectivity index (χ1n) is 8.97. The highest BCUT2D eigenvalue weighted by atomic mass is 19.4. The molecule has 29 heavy (non-hydrogen) atoms. The van der Waals surface area contributed by atoms with Gasteiger partial charge in [-0.1, -0.05) is 12.1 Å². The van der Waals surface area contributed by atoms with Gasteiger partial charge in [0.1, 0.15) is 12.4 Å². The van der Waals surface area contributed by atoms with Crippen molar-refractivity contribution in [2.24, 2.45) is 0 Å². The van der Waals surface area contributed by atoms with E-state index in [2.05, 4.69) is 4.98 Å². The summed E-state index contributed by atoms with van der Waals surface area (Å²) in [5, 5.41) is 0. The Hall–Kier alpha value is -3.30. The molecule has 1 aliphatic heterocycles. The smallest absolute Gasteiger partial charge is 0.408 e. The molecular formula is C19H17F3N4O3. The standard InChI is InChI=1S/C19H17F3N4O3/c20-19(21,22)13-5-6-16(23-11-13)24-7-9-25(10-8-24)17(27)12-26-14-3-1-2-4-15(14)29-18(26)28/h1-6,11H,7-10,12H2. The minimum atomic E-state index is -4.42. The lowest BCUT2D eigenvalue weighted by molar-refractivity contribution is -0.138. The van der Waals surface area contributed by atoms with Crippen molar-refractivity contribution in [3.8, 4) is 0 Å². The quantitative estimate of drug-likeness (QED) is 0.668. The van der Waals surface area contributed by atoms with Crippen LogP contribution in [0, 0.1) is 0 Å². The van der Waals surface area contributed by atoms with Gasteiger partial charge in [-0.25, -0.2) is 9.78 Å². The number of nitrogens with zero attached hydrogens (tertiary/aromatic N) is 4. The van der Waals surface area contributed by atoms with Crippen molar-refractivity contribution in [3.63, 3.8) is 0 Å². The van der Waals surface area contributed by atoms with Crippen LogP contribution in [0.3, 0.4) is 0 Å². The maximum absolute atomic E-state index is 12.7. The summed E-state index contributed by atoms with van der Waals surface area (Å²) in [6, 6.07) is 9.20. The number of carbonyl (C=O) groups excluding carboxylic acids is 1. The summed E-state index contributed by atoms with van der Waals surface area (Å²) in [7, 11) is 0. The number of alkyl halides is 3. The van der Waals surface area contributed by atoms with Crippen LogP contribution in [-0.2, 0) is 17.5 Å². The van der Waals surface area contributed by atoms with E-state index in [1.807, 2.05) is 4.90 Å². The Labute approximate surface area is 163 Å². The zero-order valence-electron chi connectivity index (χ0n) is 15.2. The average Bonchev–Trinajstić information content (AvgIpc) is 3.03. The molecule has 0 atom stereocenters. The van der Waals surface area contributed by atoms with Gasteiger partial charge in [0.25, 0.3) is 0 Å². The Morgan fingerprint density at radius 2 is 1.79 bits per heavy atom. The summed E-state index contributed by atoms with van der Waals surface area (Å²) >= 11 is 0. The van der Waals surface area contributed by atoms with Crippen LogP contribution in [-0.4, -0.2) is 46.5 Å². The molecule has 0 spiro atoms. The SMILES string of the molecule is O=C(Cn1c(=O)oc2ccccc21)N1CCN(c2ccc(C(F)(F)F)cn2)CC1. The van der Waals surface area contributed by atoms with Crippen LogP contribution in [0.2, 0.25) is 0 Å². The number of amides is 1. The highest BCUT2D eigenvalue weighted by Crippen LogP contribution is 2.29. The molecule has 0 saturated carbocycles. The summed E-state index contributed by atoms with van der Waals surface area (Å²) in [6.45, 7) is 1.50. The van der Waals surface area contributed by atoms with E-state index in [4.69, 9.17) is 4.42 Å². The molecule has 1 aliphatic rings. The second kappa shape index (κ2) is 7.26. The summed E-state index contributed by atoms with van der Waals surface area (Å²) < 4.78 is 44.4. The molecular weight excluding hydrogens is 389 g/mol. The fourth-order valence-electron chi connectivity index (χ4n) is 3.32. The minimum Gasteiger partial charge on any atom is -0.408 e. The maximum Gasteiger partial charge on any atom is 0.420 e. The number of hydrogen-bond acceptors (Lipinski definition) is 5. The van der Waals surface area contributed by atoms with E-state index in [9.17, 15) is 22.8 Å². The van der Waals surface area contributed by atoms with Crippen molar-refractivity contribution in [2.45, 2.75) is 12.7 Å². The van der Waals surface area contributed by atoms with Crippen LogP contribution < -0.4 is 10.7 Å². The molecule has 0 aliphatic carbocycles. The van der Waals surface area contributed by atoms with Gasteiger partial charge in [0, 0.05) is 32.4 Å². The van der Waals surface area contributed by atoms with E-state index < -0.39 is 17.5 Å². The van der Waals surface area contributed by atoms with Gasteiger partial charge in [0.05, 0.1) is 11.1 Å². The van der Waals surface area contributed by atoms with Crippen LogP contribution in [0.15, 0.2) is 51.8 Å². The minimum absolute atomic E-state index is 0.131. The number of fused-ring (bicyclic) bond motifs is 1. The van der Waals surface area contributed by atoms with Gasteiger partial charge in [-0.15, -0.1) is 0 Å². The largest absolute Gasteiger partial charge is 0.420 e. The highest BCUT2D eigenvalue weighted by Gasteiger charge is 2.31. The molecule has 4 rings (SSSR count). The van der Waals surface area contributed by atoms with Crippen LogP contribution >= 0.6 is 0 Å². The van der Waals surface area contributed by atoms with Gasteiger partial charge in [-0.2, -0.15) is 13.2 Å². The van der Waals surface area contributed by atoms with Gasteiger partial charge >= 0.3 is 11.9 Å². The molecule has 3 aromatic rings. The van der Waals surface area contributed by atoms with Crippen molar-refractivity contribution in [3.05, 3.63) is 58.7 Å². The van der Waals surface area contributed by atoms with E-state index in [1.165, 1.54) is 10.6 Å². The lowest BCUT2D eigenvalue weighted by Gasteiger charge is -2.35. The number of para-hydroxylation sites is 2. The topological polar surface area (TPSA) is 71.6 Å². The third-order valence-electron chi connectivity index (χ3n) is 4.90. The van der Waals surface area contributed by atoms with Gasteiger partial charge in [-0.05, 0) is 24.3 Å². The molecule has 2 aromatic heterocycles. The zero-order valence-corrected chi connectivity index (χ0v) is 15.2. The van der Waals surface area contributed by atoms with Gasteiger partial charge in [0.15, 0.2) is 5.58 Å². The number of halogens is 3. The second-order valence-corrected chi connectivity index (χ2v) is 6.69. The van der Waals surface area contributed by atoms with E-state index >= 15 is 0 Å². The van der Waals surface area contributed by atoms with Crippen molar-refractivity contribution >= 4 is 22.8 Å². The Kier molecular flexibility index (Phi) is 4.77. The fourth-order valence-corrected chi connectivity index (χ4v) is 3.32. The van der Waals surface area contributed by atoms with E-state index in [-0.39, 0.29) is 12.5 Å². The molecule has 7 nitrogen and oxygen atoms in total. The summed E-state index contributed by atoms with van der Waals surface area (Å²) in [4.78, 5) is 32.0. The molecule has 1 saturated heterocycles. The van der Waals surface area contributed by atoms with Crippen LogP contribution in [0.4, 0.5) is 19.0 Å². The molecule has 0 radical (unpaired) electrons. The number of piperazine rings is 1. The number of pyridine rings is 1. The first kappa shape index (κ1) is 19.0.